The highest BCUT2D eigenvalue weighted by Crippen LogP contribution is 2.59. The molecule has 0 radical (unpaired) electrons. The van der Waals surface area contributed by atoms with Gasteiger partial charge in [-0.05, 0) is 48.8 Å². The number of hydrogen-bond acceptors (Lipinski definition) is 2. The van der Waals surface area contributed by atoms with E-state index < -0.39 is 0 Å². The third kappa shape index (κ3) is 2.91. The van der Waals surface area contributed by atoms with Crippen LogP contribution in [0.3, 0.4) is 0 Å². The topological polar surface area (TPSA) is 15.3 Å². The van der Waals surface area contributed by atoms with Gasteiger partial charge in [0, 0.05) is 25.7 Å². The van der Waals surface area contributed by atoms with Gasteiger partial charge in [-0.1, -0.05) is 38.1 Å². The van der Waals surface area contributed by atoms with Crippen molar-refractivity contribution in [2.24, 2.45) is 11.8 Å². The van der Waals surface area contributed by atoms with Crippen LogP contribution in [0, 0.1) is 11.8 Å². The molecule has 2 aliphatic rings. The Morgan fingerprint density at radius 2 is 2.10 bits per heavy atom. The smallest absolute Gasteiger partial charge is 0.0104 e. The van der Waals surface area contributed by atoms with Gasteiger partial charge in [-0.15, -0.1) is 0 Å². The highest BCUT2D eigenvalue weighted by Gasteiger charge is 2.52. The molecule has 0 heterocycles. The summed E-state index contributed by atoms with van der Waals surface area (Å²) >= 11 is 0. The molecule has 0 bridgehead atoms. The standard InChI is InChI=1S/C18H28N2/c1-13(2)19-10-11-20(3)12-17-16-9-8-14-6-4-5-7-15(14)18(16)17/h4-7,13,16-19H,8-12H2,1-3H3. The van der Waals surface area contributed by atoms with Crippen molar-refractivity contribution < 1.29 is 0 Å². The Balaban J connectivity index is 1.52. The Morgan fingerprint density at radius 1 is 1.30 bits per heavy atom. The maximum atomic E-state index is 3.51. The van der Waals surface area contributed by atoms with Crippen LogP contribution in [0.5, 0.6) is 0 Å². The molecule has 0 amide bonds. The van der Waals surface area contributed by atoms with Crippen LogP contribution in [0.1, 0.15) is 37.3 Å². The van der Waals surface area contributed by atoms with E-state index in [0.29, 0.717) is 6.04 Å². The highest BCUT2D eigenvalue weighted by molar-refractivity contribution is 5.39. The maximum Gasteiger partial charge on any atom is 0.0104 e. The van der Waals surface area contributed by atoms with Gasteiger partial charge in [0.1, 0.15) is 0 Å². The third-order valence-corrected chi connectivity index (χ3v) is 5.06. The van der Waals surface area contributed by atoms with E-state index in [9.17, 15) is 0 Å². The van der Waals surface area contributed by atoms with Gasteiger partial charge >= 0.3 is 0 Å². The lowest BCUT2D eigenvalue weighted by atomic mass is 9.92. The summed E-state index contributed by atoms with van der Waals surface area (Å²) in [6.45, 7) is 7.96. The maximum absolute atomic E-state index is 3.51. The summed E-state index contributed by atoms with van der Waals surface area (Å²) in [5, 5.41) is 3.51. The lowest BCUT2D eigenvalue weighted by molar-refractivity contribution is 0.306. The van der Waals surface area contributed by atoms with E-state index >= 15 is 0 Å². The molecule has 2 nitrogen and oxygen atoms in total. The van der Waals surface area contributed by atoms with E-state index in [0.717, 1.165) is 30.8 Å². The van der Waals surface area contributed by atoms with Crippen LogP contribution in [0.15, 0.2) is 24.3 Å². The first-order valence-electron chi connectivity index (χ1n) is 8.16. The van der Waals surface area contributed by atoms with Crippen molar-refractivity contribution in [2.75, 3.05) is 26.7 Å². The van der Waals surface area contributed by atoms with Gasteiger partial charge < -0.3 is 10.2 Å². The van der Waals surface area contributed by atoms with Crippen molar-refractivity contribution in [1.29, 1.82) is 0 Å². The van der Waals surface area contributed by atoms with Crippen LogP contribution in [0.2, 0.25) is 0 Å². The molecule has 2 aliphatic carbocycles. The van der Waals surface area contributed by atoms with Crippen LogP contribution in [-0.2, 0) is 6.42 Å². The van der Waals surface area contributed by atoms with Crippen LogP contribution in [0.25, 0.3) is 0 Å². The second-order valence-corrected chi connectivity index (χ2v) is 6.96. The molecule has 110 valence electrons. The van der Waals surface area contributed by atoms with E-state index in [-0.39, 0.29) is 0 Å². The molecule has 20 heavy (non-hydrogen) atoms. The first-order valence-corrected chi connectivity index (χ1v) is 8.16. The summed E-state index contributed by atoms with van der Waals surface area (Å²) in [6, 6.07) is 9.70. The second kappa shape index (κ2) is 5.87. The molecule has 2 heteroatoms. The van der Waals surface area contributed by atoms with Gasteiger partial charge in [0.2, 0.25) is 0 Å². The average Bonchev–Trinajstić information content (AvgIpc) is 3.12. The molecule has 0 spiro atoms. The molecule has 1 fully saturated rings. The van der Waals surface area contributed by atoms with Gasteiger partial charge in [-0.25, -0.2) is 0 Å². The van der Waals surface area contributed by atoms with Gasteiger partial charge in [0.25, 0.3) is 0 Å². The molecule has 1 saturated carbocycles. The minimum Gasteiger partial charge on any atom is -0.313 e. The first kappa shape index (κ1) is 14.1. The SMILES string of the molecule is CC(C)NCCN(C)CC1C2CCc3ccccc3C21. The van der Waals surface area contributed by atoms with Crippen molar-refractivity contribution in [3.8, 4) is 0 Å². The zero-order valence-corrected chi connectivity index (χ0v) is 13.1. The summed E-state index contributed by atoms with van der Waals surface area (Å²) in [4.78, 5) is 2.51. The van der Waals surface area contributed by atoms with Gasteiger partial charge in [0.15, 0.2) is 0 Å². The van der Waals surface area contributed by atoms with Crippen molar-refractivity contribution >= 4 is 0 Å². The Hall–Kier alpha value is -0.860. The molecule has 1 aromatic rings. The molecule has 3 atom stereocenters. The van der Waals surface area contributed by atoms with E-state index in [2.05, 4.69) is 55.4 Å². The van der Waals surface area contributed by atoms with Crippen LogP contribution < -0.4 is 5.32 Å². The lowest BCUT2D eigenvalue weighted by Crippen LogP contribution is -2.34. The summed E-state index contributed by atoms with van der Waals surface area (Å²) in [6.07, 6.45) is 2.71. The minimum absolute atomic E-state index is 0.596. The largest absolute Gasteiger partial charge is 0.313 e. The van der Waals surface area contributed by atoms with Gasteiger partial charge in [0.05, 0.1) is 0 Å². The number of likely N-dealkylation sites (N-methyl/N-ethyl adjacent to an activating group) is 1. The quantitative estimate of drug-likeness (QED) is 0.856. The zero-order valence-electron chi connectivity index (χ0n) is 13.1. The predicted molar refractivity (Wildman–Crippen MR) is 85.1 cm³/mol. The Labute approximate surface area is 123 Å². The Bertz CT molecular complexity index is 454. The van der Waals surface area contributed by atoms with Crippen LogP contribution >= 0.6 is 0 Å². The van der Waals surface area contributed by atoms with E-state index in [4.69, 9.17) is 0 Å². The number of hydrogen-bond donors (Lipinski definition) is 1. The zero-order chi connectivity index (χ0) is 14.1. The fourth-order valence-corrected chi connectivity index (χ4v) is 3.95. The number of aryl methyl sites for hydroxylation is 1. The van der Waals surface area contributed by atoms with Crippen molar-refractivity contribution in [1.82, 2.24) is 10.2 Å². The van der Waals surface area contributed by atoms with E-state index in [1.807, 2.05) is 0 Å². The van der Waals surface area contributed by atoms with Crippen molar-refractivity contribution in [2.45, 2.75) is 38.6 Å². The van der Waals surface area contributed by atoms with Gasteiger partial charge in [-0.3, -0.25) is 0 Å². The first-order chi connectivity index (χ1) is 9.66. The predicted octanol–water partition coefficient (Wildman–Crippen LogP) is 2.89. The van der Waals surface area contributed by atoms with Crippen molar-refractivity contribution in [3.63, 3.8) is 0 Å². The fraction of sp³-hybridized carbons (Fsp3) is 0.667. The molecular weight excluding hydrogens is 244 g/mol. The minimum atomic E-state index is 0.596. The number of benzene rings is 1. The molecule has 0 saturated heterocycles. The molecule has 3 rings (SSSR count). The van der Waals surface area contributed by atoms with E-state index in [1.165, 1.54) is 19.4 Å². The summed E-state index contributed by atoms with van der Waals surface area (Å²) in [7, 11) is 2.28. The highest BCUT2D eigenvalue weighted by atomic mass is 15.1. The monoisotopic (exact) mass is 272 g/mol. The van der Waals surface area contributed by atoms with Gasteiger partial charge in [-0.2, -0.15) is 0 Å². The molecule has 3 unspecified atom stereocenters. The molecule has 0 aliphatic heterocycles. The van der Waals surface area contributed by atoms with E-state index in [1.54, 1.807) is 11.1 Å². The van der Waals surface area contributed by atoms with Crippen LogP contribution in [0.4, 0.5) is 0 Å². The Kier molecular flexibility index (Phi) is 4.13. The third-order valence-electron chi connectivity index (χ3n) is 5.06. The van der Waals surface area contributed by atoms with Crippen LogP contribution in [-0.4, -0.2) is 37.6 Å². The normalized spacial score (nSPS) is 27.6. The molecule has 0 aromatic heterocycles. The number of rotatable bonds is 6. The second-order valence-electron chi connectivity index (χ2n) is 6.96. The fourth-order valence-electron chi connectivity index (χ4n) is 3.95. The molecule has 1 N–H and O–H groups in total. The van der Waals surface area contributed by atoms with Crippen molar-refractivity contribution in [3.05, 3.63) is 35.4 Å². The molecular formula is C18H28N2. The Morgan fingerprint density at radius 3 is 2.90 bits per heavy atom. The molecule has 1 aromatic carbocycles. The summed E-state index contributed by atoms with van der Waals surface area (Å²) < 4.78 is 0. The lowest BCUT2D eigenvalue weighted by Gasteiger charge is -2.18. The average molecular weight is 272 g/mol. The number of fused-ring (bicyclic) bond motifs is 3. The summed E-state index contributed by atoms with van der Waals surface area (Å²) in [5.74, 6) is 2.73. The number of nitrogens with one attached hydrogen (secondary N) is 1. The number of nitrogens with zero attached hydrogens (tertiary/aromatic N) is 1. The summed E-state index contributed by atoms with van der Waals surface area (Å²) in [5.41, 5.74) is 3.27.